The molecule has 2 aromatic rings. The van der Waals surface area contributed by atoms with E-state index in [1.807, 2.05) is 30.1 Å². The van der Waals surface area contributed by atoms with Crippen molar-refractivity contribution in [2.24, 2.45) is 12.5 Å². The van der Waals surface area contributed by atoms with Crippen LogP contribution in [0.3, 0.4) is 0 Å². The van der Waals surface area contributed by atoms with Crippen LogP contribution in [0.1, 0.15) is 35.3 Å². The molecule has 2 fully saturated rings. The van der Waals surface area contributed by atoms with Gasteiger partial charge in [0.25, 0.3) is 5.91 Å². The monoisotopic (exact) mass is 394 g/mol. The fourth-order valence-electron chi connectivity index (χ4n) is 4.76. The first-order valence-electron chi connectivity index (χ1n) is 10.4. The number of amides is 1. The van der Waals surface area contributed by atoms with E-state index >= 15 is 0 Å². The number of benzene rings is 1. The maximum absolute atomic E-state index is 13.0. The number of aryl methyl sites for hydroxylation is 1. The molecule has 6 heteroatoms. The fraction of sp³-hybridized carbons (Fsp3) is 0.478. The third-order valence-corrected chi connectivity index (χ3v) is 6.37. The molecule has 6 nitrogen and oxygen atoms in total. The first kappa shape index (κ1) is 19.9. The Hall–Kier alpha value is -2.44. The minimum Gasteiger partial charge on any atom is -0.392 e. The van der Waals surface area contributed by atoms with Crippen molar-refractivity contribution in [1.29, 1.82) is 0 Å². The number of carbonyl (C=O) groups excluding carboxylic acids is 1. The van der Waals surface area contributed by atoms with Crippen LogP contribution in [0.25, 0.3) is 6.08 Å². The maximum Gasteiger partial charge on any atom is 0.272 e. The molecule has 0 saturated carbocycles. The molecule has 29 heavy (non-hydrogen) atoms. The molecule has 4 rings (SSSR count). The van der Waals surface area contributed by atoms with Gasteiger partial charge < -0.3 is 14.6 Å². The highest BCUT2D eigenvalue weighted by molar-refractivity contribution is 5.92. The summed E-state index contributed by atoms with van der Waals surface area (Å²) in [4.78, 5) is 21.4. The second-order valence-corrected chi connectivity index (χ2v) is 8.44. The van der Waals surface area contributed by atoms with E-state index in [1.165, 1.54) is 5.56 Å². The lowest BCUT2D eigenvalue weighted by atomic mass is 9.71. The van der Waals surface area contributed by atoms with Gasteiger partial charge in [-0.2, -0.15) is 0 Å². The van der Waals surface area contributed by atoms with Gasteiger partial charge in [0, 0.05) is 45.2 Å². The number of rotatable bonds is 4. The molecule has 3 heterocycles. The van der Waals surface area contributed by atoms with Crippen LogP contribution >= 0.6 is 0 Å². The predicted octanol–water partition coefficient (Wildman–Crippen LogP) is 2.42. The molecule has 2 atom stereocenters. The highest BCUT2D eigenvalue weighted by Gasteiger charge is 2.46. The van der Waals surface area contributed by atoms with Crippen molar-refractivity contribution in [3.63, 3.8) is 0 Å². The first-order valence-corrected chi connectivity index (χ1v) is 10.4. The van der Waals surface area contributed by atoms with Crippen LogP contribution in [0.5, 0.6) is 0 Å². The van der Waals surface area contributed by atoms with Crippen molar-refractivity contribution in [2.45, 2.75) is 25.4 Å². The van der Waals surface area contributed by atoms with Gasteiger partial charge in [-0.1, -0.05) is 42.5 Å². The van der Waals surface area contributed by atoms with Gasteiger partial charge in [0.1, 0.15) is 5.69 Å². The molecule has 1 spiro atoms. The largest absolute Gasteiger partial charge is 0.392 e. The van der Waals surface area contributed by atoms with Crippen LogP contribution in [0, 0.1) is 5.41 Å². The SMILES string of the molecule is Cn1cncc1C(=O)N1CCC[C@@]2(CN(CC=Cc3ccccc3)CC[C@H]2O)C1. The Balaban J connectivity index is 1.43. The van der Waals surface area contributed by atoms with Crippen LogP contribution in [-0.2, 0) is 7.05 Å². The molecule has 0 aliphatic carbocycles. The fourth-order valence-corrected chi connectivity index (χ4v) is 4.76. The average Bonchev–Trinajstić information content (AvgIpc) is 3.17. The van der Waals surface area contributed by atoms with Gasteiger partial charge in [-0.3, -0.25) is 9.69 Å². The maximum atomic E-state index is 13.0. The zero-order valence-corrected chi connectivity index (χ0v) is 17.1. The Labute approximate surface area is 172 Å². The number of hydrogen-bond acceptors (Lipinski definition) is 4. The molecule has 1 amide bonds. The second-order valence-electron chi connectivity index (χ2n) is 8.44. The minimum atomic E-state index is -0.362. The van der Waals surface area contributed by atoms with E-state index in [9.17, 15) is 9.90 Å². The molecule has 1 aromatic heterocycles. The molecule has 0 unspecified atom stereocenters. The first-order chi connectivity index (χ1) is 14.1. The van der Waals surface area contributed by atoms with Gasteiger partial charge in [-0.25, -0.2) is 4.98 Å². The summed E-state index contributed by atoms with van der Waals surface area (Å²) in [6.45, 7) is 3.92. The molecular formula is C23H30N4O2. The van der Waals surface area contributed by atoms with Crippen molar-refractivity contribution in [3.05, 3.63) is 60.2 Å². The average molecular weight is 395 g/mol. The second kappa shape index (κ2) is 8.51. The Morgan fingerprint density at radius 3 is 2.86 bits per heavy atom. The summed E-state index contributed by atoms with van der Waals surface area (Å²) in [6.07, 6.45) is 9.91. The minimum absolute atomic E-state index is 0.0115. The number of aromatic nitrogens is 2. The smallest absolute Gasteiger partial charge is 0.272 e. The molecule has 0 radical (unpaired) electrons. The van der Waals surface area contributed by atoms with Crippen LogP contribution < -0.4 is 0 Å². The summed E-state index contributed by atoms with van der Waals surface area (Å²) in [6, 6.07) is 10.3. The number of carbonyl (C=O) groups is 1. The van der Waals surface area contributed by atoms with Crippen molar-refractivity contribution in [2.75, 3.05) is 32.7 Å². The number of aliphatic hydroxyl groups excluding tert-OH is 1. The van der Waals surface area contributed by atoms with Gasteiger partial charge in [0.2, 0.25) is 0 Å². The predicted molar refractivity (Wildman–Crippen MR) is 113 cm³/mol. The third kappa shape index (κ3) is 4.28. The molecule has 2 aliphatic heterocycles. The van der Waals surface area contributed by atoms with E-state index in [1.54, 1.807) is 17.1 Å². The van der Waals surface area contributed by atoms with Crippen molar-refractivity contribution in [1.82, 2.24) is 19.4 Å². The quantitative estimate of drug-likeness (QED) is 0.865. The highest BCUT2D eigenvalue weighted by Crippen LogP contribution is 2.39. The van der Waals surface area contributed by atoms with Crippen molar-refractivity contribution >= 4 is 12.0 Å². The summed E-state index contributed by atoms with van der Waals surface area (Å²) < 4.78 is 1.77. The number of aliphatic hydroxyl groups is 1. The van der Waals surface area contributed by atoms with E-state index in [2.05, 4.69) is 34.2 Å². The van der Waals surface area contributed by atoms with Gasteiger partial charge in [0.05, 0.1) is 18.6 Å². The van der Waals surface area contributed by atoms with E-state index in [-0.39, 0.29) is 17.4 Å². The highest BCUT2D eigenvalue weighted by atomic mass is 16.3. The molecule has 0 bridgehead atoms. The Kier molecular flexibility index (Phi) is 5.83. The summed E-state index contributed by atoms with van der Waals surface area (Å²) in [5.41, 5.74) is 1.56. The van der Waals surface area contributed by atoms with Gasteiger partial charge >= 0.3 is 0 Å². The van der Waals surface area contributed by atoms with Crippen LogP contribution in [-0.4, -0.2) is 69.2 Å². The van der Waals surface area contributed by atoms with E-state index in [4.69, 9.17) is 0 Å². The molecular weight excluding hydrogens is 364 g/mol. The molecule has 1 N–H and O–H groups in total. The molecule has 154 valence electrons. The zero-order valence-electron chi connectivity index (χ0n) is 17.1. The van der Waals surface area contributed by atoms with Crippen molar-refractivity contribution < 1.29 is 9.90 Å². The van der Waals surface area contributed by atoms with E-state index in [0.717, 1.165) is 45.4 Å². The number of nitrogens with zero attached hydrogens (tertiary/aromatic N) is 4. The Morgan fingerprint density at radius 2 is 2.10 bits per heavy atom. The lowest BCUT2D eigenvalue weighted by Crippen LogP contribution is -2.59. The summed E-state index contributed by atoms with van der Waals surface area (Å²) in [5.74, 6) is 0.0115. The molecule has 2 aliphatic rings. The standard InChI is InChI=1S/C23H30N4O2/c1-25-18-24-15-20(25)22(29)27-13-6-11-23(17-27)16-26(14-10-21(23)28)12-5-9-19-7-3-2-4-8-19/h2-5,7-9,15,18,21,28H,6,10-14,16-17H2,1H3/t21-,23-/m1/s1. The number of likely N-dealkylation sites (tertiary alicyclic amines) is 2. The number of hydrogen-bond donors (Lipinski definition) is 1. The normalized spacial score (nSPS) is 25.7. The summed E-state index contributed by atoms with van der Waals surface area (Å²) in [7, 11) is 1.84. The van der Waals surface area contributed by atoms with Crippen LogP contribution in [0.4, 0.5) is 0 Å². The Bertz CT molecular complexity index is 863. The summed E-state index contributed by atoms with van der Waals surface area (Å²) >= 11 is 0. The lowest BCUT2D eigenvalue weighted by Gasteiger charge is -2.51. The Morgan fingerprint density at radius 1 is 1.28 bits per heavy atom. The van der Waals surface area contributed by atoms with Gasteiger partial charge in [-0.15, -0.1) is 0 Å². The number of imidazole rings is 1. The van der Waals surface area contributed by atoms with E-state index < -0.39 is 0 Å². The van der Waals surface area contributed by atoms with Gasteiger partial charge in [0.15, 0.2) is 0 Å². The molecule has 1 aromatic carbocycles. The zero-order chi connectivity index (χ0) is 20.3. The van der Waals surface area contributed by atoms with Crippen molar-refractivity contribution in [3.8, 4) is 0 Å². The molecule has 2 saturated heterocycles. The van der Waals surface area contributed by atoms with E-state index in [0.29, 0.717) is 12.2 Å². The van der Waals surface area contributed by atoms with Gasteiger partial charge in [-0.05, 0) is 24.8 Å². The topological polar surface area (TPSA) is 61.6 Å². The lowest BCUT2D eigenvalue weighted by molar-refractivity contribution is -0.0763. The number of piperidine rings is 2. The third-order valence-electron chi connectivity index (χ3n) is 6.37. The van der Waals surface area contributed by atoms with Crippen LogP contribution in [0.2, 0.25) is 0 Å². The van der Waals surface area contributed by atoms with Crippen LogP contribution in [0.15, 0.2) is 48.9 Å². The summed E-state index contributed by atoms with van der Waals surface area (Å²) in [5, 5.41) is 10.9.